The van der Waals surface area contributed by atoms with Crippen LogP contribution in [0.3, 0.4) is 0 Å². The molecule has 0 bridgehead atoms. The zero-order valence-electron chi connectivity index (χ0n) is 22.0. The molecule has 1 N–H and O–H groups in total. The van der Waals surface area contributed by atoms with E-state index >= 15 is 0 Å². The van der Waals surface area contributed by atoms with Gasteiger partial charge in [-0.1, -0.05) is 43.8 Å². The smallest absolute Gasteiger partial charge is 0.266 e. The number of hydrogen-bond acceptors (Lipinski definition) is 5. The Morgan fingerprint density at radius 1 is 0.974 bits per heavy atom. The second kappa shape index (κ2) is 11.3. The number of hydrogen-bond donors (Lipinski definition) is 1. The number of aryl methyl sites for hydroxylation is 2. The van der Waals surface area contributed by atoms with Crippen LogP contribution in [0.25, 0.3) is 16.6 Å². The first-order chi connectivity index (χ1) is 18.0. The number of halogens is 1. The molecule has 4 aromatic rings. The number of carbonyl (C=O) groups is 2. The molecule has 196 valence electrons. The maximum atomic E-state index is 14.1. The quantitative estimate of drug-likeness (QED) is 0.174. The molecular formula is C30H30FN3O3S. The molecule has 3 aromatic carbocycles. The fraction of sp³-hybridized carbons (Fsp3) is 0.267. The van der Waals surface area contributed by atoms with Crippen LogP contribution in [0.4, 0.5) is 4.39 Å². The number of benzene rings is 3. The van der Waals surface area contributed by atoms with Crippen LogP contribution in [0.5, 0.6) is 0 Å². The number of nitrogens with one attached hydrogen (secondary N) is 1. The van der Waals surface area contributed by atoms with Gasteiger partial charge < -0.3 is 5.32 Å². The van der Waals surface area contributed by atoms with Gasteiger partial charge in [0.05, 0.1) is 21.8 Å². The standard InChI is InChI=1S/C30H30FN3O3S/c1-17(2)16-32-28(36)22-11-12-25-26(14-22)33-30(34(29(25)37)24-8-6-7-23(31)15-24)38-20(5)27(35)21-10-9-18(3)19(4)13-21/h6-15,17,20H,16H2,1-5H3,(H,32,36). The molecule has 4 rings (SSSR count). The summed E-state index contributed by atoms with van der Waals surface area (Å²) >= 11 is 1.12. The van der Waals surface area contributed by atoms with Crippen LogP contribution in [-0.2, 0) is 0 Å². The largest absolute Gasteiger partial charge is 0.352 e. The third-order valence-corrected chi connectivity index (χ3v) is 7.33. The average molecular weight is 532 g/mol. The van der Waals surface area contributed by atoms with Gasteiger partial charge in [-0.2, -0.15) is 0 Å². The second-order valence-electron chi connectivity index (χ2n) is 9.77. The van der Waals surface area contributed by atoms with E-state index in [4.69, 9.17) is 4.98 Å². The minimum absolute atomic E-state index is 0.111. The van der Waals surface area contributed by atoms with Crippen LogP contribution in [0.2, 0.25) is 0 Å². The van der Waals surface area contributed by atoms with Crippen molar-refractivity contribution in [1.82, 2.24) is 14.9 Å². The van der Waals surface area contributed by atoms with Crippen molar-refractivity contribution in [3.8, 4) is 5.69 Å². The summed E-state index contributed by atoms with van der Waals surface area (Å²) in [4.78, 5) is 44.3. The number of fused-ring (bicyclic) bond motifs is 1. The molecule has 0 spiro atoms. The zero-order valence-corrected chi connectivity index (χ0v) is 22.9. The molecule has 0 radical (unpaired) electrons. The summed E-state index contributed by atoms with van der Waals surface area (Å²) in [6.07, 6.45) is 0. The molecule has 8 heteroatoms. The van der Waals surface area contributed by atoms with Crippen molar-refractivity contribution in [3.63, 3.8) is 0 Å². The minimum atomic E-state index is -0.584. The molecular weight excluding hydrogens is 501 g/mol. The fourth-order valence-corrected chi connectivity index (χ4v) is 4.97. The Kier molecular flexibility index (Phi) is 8.11. The Morgan fingerprint density at radius 2 is 1.71 bits per heavy atom. The Hall–Kier alpha value is -3.78. The third-order valence-electron chi connectivity index (χ3n) is 6.28. The van der Waals surface area contributed by atoms with Gasteiger partial charge in [-0.05, 0) is 80.3 Å². The molecule has 0 saturated heterocycles. The van der Waals surface area contributed by atoms with Crippen molar-refractivity contribution < 1.29 is 14.0 Å². The van der Waals surface area contributed by atoms with Gasteiger partial charge in [0.1, 0.15) is 5.82 Å². The molecule has 6 nitrogen and oxygen atoms in total. The number of rotatable bonds is 8. The Balaban J connectivity index is 1.80. The SMILES string of the molecule is Cc1ccc(C(=O)C(C)Sc2nc3cc(C(=O)NCC(C)C)ccc3c(=O)n2-c2cccc(F)c2)cc1C. The highest BCUT2D eigenvalue weighted by molar-refractivity contribution is 8.00. The van der Waals surface area contributed by atoms with Gasteiger partial charge in [0.2, 0.25) is 0 Å². The topological polar surface area (TPSA) is 81.1 Å². The van der Waals surface area contributed by atoms with Gasteiger partial charge in [0.15, 0.2) is 10.9 Å². The summed E-state index contributed by atoms with van der Waals surface area (Å²) in [7, 11) is 0. The number of carbonyl (C=O) groups excluding carboxylic acids is 2. The Bertz CT molecular complexity index is 1600. The number of thioether (sulfide) groups is 1. The first-order valence-electron chi connectivity index (χ1n) is 12.4. The molecule has 1 unspecified atom stereocenters. The summed E-state index contributed by atoms with van der Waals surface area (Å²) in [5.41, 5.74) is 3.26. The van der Waals surface area contributed by atoms with E-state index in [-0.39, 0.29) is 28.2 Å². The normalized spacial score (nSPS) is 12.1. The lowest BCUT2D eigenvalue weighted by Crippen LogP contribution is -2.27. The molecule has 0 aliphatic carbocycles. The van der Waals surface area contributed by atoms with Gasteiger partial charge in [0.25, 0.3) is 11.5 Å². The maximum Gasteiger partial charge on any atom is 0.266 e. The number of nitrogens with zero attached hydrogens (tertiary/aromatic N) is 2. The summed E-state index contributed by atoms with van der Waals surface area (Å²) in [5.74, 6) is -0.582. The minimum Gasteiger partial charge on any atom is -0.352 e. The molecule has 0 saturated carbocycles. The summed E-state index contributed by atoms with van der Waals surface area (Å²) in [5, 5.41) is 2.80. The van der Waals surface area contributed by atoms with Gasteiger partial charge in [-0.15, -0.1) is 0 Å². The molecule has 0 fully saturated rings. The molecule has 38 heavy (non-hydrogen) atoms. The first-order valence-corrected chi connectivity index (χ1v) is 13.3. The number of Topliss-reactive ketones (excluding diaryl/α,β-unsaturated/α-hetero) is 1. The van der Waals surface area contributed by atoms with E-state index in [1.54, 1.807) is 37.3 Å². The highest BCUT2D eigenvalue weighted by Crippen LogP contribution is 2.28. The lowest BCUT2D eigenvalue weighted by molar-refractivity contribution is 0.0948. The van der Waals surface area contributed by atoms with Gasteiger partial charge in [-0.25, -0.2) is 9.37 Å². The van der Waals surface area contributed by atoms with Crippen LogP contribution in [0, 0.1) is 25.6 Å². The lowest BCUT2D eigenvalue weighted by Gasteiger charge is -2.17. The first kappa shape index (κ1) is 27.3. The Labute approximate surface area is 225 Å². The monoisotopic (exact) mass is 531 g/mol. The van der Waals surface area contributed by atoms with E-state index in [0.717, 1.165) is 22.9 Å². The predicted octanol–water partition coefficient (Wildman–Crippen LogP) is 5.89. The second-order valence-corrected chi connectivity index (χ2v) is 11.1. The van der Waals surface area contributed by atoms with Crippen LogP contribution in [0.1, 0.15) is 52.6 Å². The molecule has 1 atom stereocenters. The number of aromatic nitrogens is 2. The van der Waals surface area contributed by atoms with E-state index in [9.17, 15) is 18.8 Å². The van der Waals surface area contributed by atoms with E-state index in [0.29, 0.717) is 28.9 Å². The van der Waals surface area contributed by atoms with Gasteiger partial charge in [-0.3, -0.25) is 19.0 Å². The highest BCUT2D eigenvalue weighted by Gasteiger charge is 2.22. The fourth-order valence-electron chi connectivity index (χ4n) is 3.97. The molecule has 1 aromatic heterocycles. The number of amides is 1. The van der Waals surface area contributed by atoms with Crippen molar-refractivity contribution in [3.05, 3.63) is 99.1 Å². The summed E-state index contributed by atoms with van der Waals surface area (Å²) < 4.78 is 15.5. The predicted molar refractivity (Wildman–Crippen MR) is 150 cm³/mol. The van der Waals surface area contributed by atoms with E-state index in [1.165, 1.54) is 22.8 Å². The van der Waals surface area contributed by atoms with E-state index < -0.39 is 16.6 Å². The summed E-state index contributed by atoms with van der Waals surface area (Å²) in [6.45, 7) is 10.2. The highest BCUT2D eigenvalue weighted by atomic mass is 32.2. The van der Waals surface area contributed by atoms with Crippen LogP contribution < -0.4 is 10.9 Å². The van der Waals surface area contributed by atoms with E-state index in [1.807, 2.05) is 39.8 Å². The number of ketones is 1. The van der Waals surface area contributed by atoms with Gasteiger partial charge in [0, 0.05) is 17.7 Å². The third kappa shape index (κ3) is 5.86. The van der Waals surface area contributed by atoms with Crippen LogP contribution in [-0.4, -0.2) is 33.0 Å². The van der Waals surface area contributed by atoms with Crippen molar-refractivity contribution in [2.45, 2.75) is 45.0 Å². The molecule has 1 amide bonds. The molecule has 0 aliphatic heterocycles. The van der Waals surface area contributed by atoms with Crippen molar-refractivity contribution in [2.75, 3.05) is 6.54 Å². The van der Waals surface area contributed by atoms with Crippen molar-refractivity contribution in [1.29, 1.82) is 0 Å². The van der Waals surface area contributed by atoms with Crippen molar-refractivity contribution >= 4 is 34.4 Å². The maximum absolute atomic E-state index is 14.1. The lowest BCUT2D eigenvalue weighted by atomic mass is 10.0. The molecule has 0 aliphatic rings. The van der Waals surface area contributed by atoms with E-state index in [2.05, 4.69) is 5.32 Å². The summed E-state index contributed by atoms with van der Waals surface area (Å²) in [6, 6.07) is 15.9. The average Bonchev–Trinajstić information content (AvgIpc) is 2.88. The Morgan fingerprint density at radius 3 is 2.39 bits per heavy atom. The zero-order chi connectivity index (χ0) is 27.6. The van der Waals surface area contributed by atoms with Crippen LogP contribution >= 0.6 is 11.8 Å². The van der Waals surface area contributed by atoms with Crippen LogP contribution in [0.15, 0.2) is 70.6 Å². The molecule has 1 heterocycles. The van der Waals surface area contributed by atoms with Gasteiger partial charge >= 0.3 is 0 Å². The van der Waals surface area contributed by atoms with Crippen molar-refractivity contribution in [2.24, 2.45) is 5.92 Å².